The summed E-state index contributed by atoms with van der Waals surface area (Å²) in [4.78, 5) is 0. The number of morpholine rings is 1. The number of methoxy groups -OCH3 is 2. The highest BCUT2D eigenvalue weighted by Gasteiger charge is 2.20. The van der Waals surface area contributed by atoms with Gasteiger partial charge in [0.1, 0.15) is 0 Å². The Morgan fingerprint density at radius 1 is 1.17 bits per heavy atom. The highest BCUT2D eigenvalue weighted by molar-refractivity contribution is 4.77. The lowest BCUT2D eigenvalue weighted by atomic mass is 10.2. The first kappa shape index (κ1) is 9.92. The molecule has 12 heavy (non-hydrogen) atoms. The predicted octanol–water partition coefficient (Wildman–Crippen LogP) is -0.364. The van der Waals surface area contributed by atoms with E-state index in [9.17, 15) is 0 Å². The zero-order chi connectivity index (χ0) is 8.81. The topological polar surface area (TPSA) is 39.7 Å². The lowest BCUT2D eigenvalue weighted by Gasteiger charge is -2.30. The highest BCUT2D eigenvalue weighted by Crippen LogP contribution is 2.00. The van der Waals surface area contributed by atoms with Crippen molar-refractivity contribution in [3.63, 3.8) is 0 Å². The maximum Gasteiger partial charge on any atom is 0.0643 e. The third-order valence-electron chi connectivity index (χ3n) is 1.85. The molecule has 4 nitrogen and oxygen atoms in total. The summed E-state index contributed by atoms with van der Waals surface area (Å²) >= 11 is 0. The maximum atomic E-state index is 5.38. The normalized spacial score (nSPS) is 30.5. The van der Waals surface area contributed by atoms with E-state index in [0.717, 1.165) is 13.2 Å². The van der Waals surface area contributed by atoms with Crippen molar-refractivity contribution in [2.24, 2.45) is 0 Å². The van der Waals surface area contributed by atoms with Gasteiger partial charge < -0.3 is 19.5 Å². The summed E-state index contributed by atoms with van der Waals surface area (Å²) in [5.41, 5.74) is 0. The largest absolute Gasteiger partial charge is 0.383 e. The van der Waals surface area contributed by atoms with Gasteiger partial charge in [0.05, 0.1) is 38.5 Å². The van der Waals surface area contributed by atoms with Crippen LogP contribution in [0.15, 0.2) is 0 Å². The van der Waals surface area contributed by atoms with Crippen LogP contribution in [-0.2, 0) is 14.2 Å². The molecule has 1 fully saturated rings. The van der Waals surface area contributed by atoms with Gasteiger partial charge in [0.25, 0.3) is 0 Å². The van der Waals surface area contributed by atoms with Gasteiger partial charge in [-0.05, 0) is 0 Å². The minimum absolute atomic E-state index is 0.309. The molecule has 1 aliphatic heterocycles. The molecule has 1 heterocycles. The molecule has 0 aromatic heterocycles. The summed E-state index contributed by atoms with van der Waals surface area (Å²) in [7, 11) is 3.39. The van der Waals surface area contributed by atoms with Crippen molar-refractivity contribution >= 4 is 0 Å². The molecule has 1 rings (SSSR count). The van der Waals surface area contributed by atoms with Crippen LogP contribution in [0.3, 0.4) is 0 Å². The van der Waals surface area contributed by atoms with Crippen LogP contribution < -0.4 is 5.32 Å². The Hall–Kier alpha value is -0.160. The quantitative estimate of drug-likeness (QED) is 0.633. The van der Waals surface area contributed by atoms with Crippen molar-refractivity contribution in [3.05, 3.63) is 0 Å². The lowest BCUT2D eigenvalue weighted by Crippen LogP contribution is -2.52. The van der Waals surface area contributed by atoms with Crippen LogP contribution >= 0.6 is 0 Å². The number of rotatable bonds is 4. The predicted molar refractivity (Wildman–Crippen MR) is 45.3 cm³/mol. The fraction of sp³-hybridized carbons (Fsp3) is 1.00. The second kappa shape index (κ2) is 5.48. The summed E-state index contributed by atoms with van der Waals surface area (Å²) in [5, 5.41) is 3.38. The number of hydrogen-bond donors (Lipinski definition) is 1. The van der Waals surface area contributed by atoms with Gasteiger partial charge in [-0.15, -0.1) is 0 Å². The van der Waals surface area contributed by atoms with E-state index in [-0.39, 0.29) is 0 Å². The summed E-state index contributed by atoms with van der Waals surface area (Å²) in [6.45, 7) is 2.85. The van der Waals surface area contributed by atoms with E-state index in [1.165, 1.54) is 0 Å². The zero-order valence-corrected chi connectivity index (χ0v) is 7.71. The molecule has 1 N–H and O–H groups in total. The third kappa shape index (κ3) is 3.06. The minimum Gasteiger partial charge on any atom is -0.383 e. The van der Waals surface area contributed by atoms with E-state index in [2.05, 4.69) is 5.32 Å². The molecule has 4 heteroatoms. The van der Waals surface area contributed by atoms with Gasteiger partial charge in [-0.25, -0.2) is 0 Å². The Morgan fingerprint density at radius 2 is 1.67 bits per heavy atom. The van der Waals surface area contributed by atoms with Crippen molar-refractivity contribution in [1.82, 2.24) is 5.32 Å². The summed E-state index contributed by atoms with van der Waals surface area (Å²) in [6.07, 6.45) is 0. The molecule has 0 aromatic rings. The summed E-state index contributed by atoms with van der Waals surface area (Å²) in [6, 6.07) is 0.618. The number of hydrogen-bond acceptors (Lipinski definition) is 4. The Bertz CT molecular complexity index is 105. The van der Waals surface area contributed by atoms with Crippen molar-refractivity contribution in [2.75, 3.05) is 40.6 Å². The lowest BCUT2D eigenvalue weighted by molar-refractivity contribution is -0.00219. The van der Waals surface area contributed by atoms with Gasteiger partial charge in [-0.3, -0.25) is 0 Å². The highest BCUT2D eigenvalue weighted by atomic mass is 16.5. The SMILES string of the molecule is COC[C@H]1COC[C@H](COC)N1. The molecule has 0 aromatic carbocycles. The van der Waals surface area contributed by atoms with Gasteiger partial charge in [0.2, 0.25) is 0 Å². The minimum atomic E-state index is 0.309. The second-order valence-electron chi connectivity index (χ2n) is 3.01. The van der Waals surface area contributed by atoms with E-state index in [0.29, 0.717) is 25.3 Å². The standard InChI is InChI=1S/C8H17NO3/c1-10-3-7-5-12-6-8(9-7)4-11-2/h7-9H,3-6H2,1-2H3/t7-,8-/m0/s1. The first-order valence-electron chi connectivity index (χ1n) is 4.18. The van der Waals surface area contributed by atoms with Gasteiger partial charge in [-0.1, -0.05) is 0 Å². The van der Waals surface area contributed by atoms with Crippen molar-refractivity contribution in [2.45, 2.75) is 12.1 Å². The van der Waals surface area contributed by atoms with Gasteiger partial charge in [0, 0.05) is 14.2 Å². The van der Waals surface area contributed by atoms with E-state index in [1.54, 1.807) is 14.2 Å². The van der Waals surface area contributed by atoms with Crippen LogP contribution in [0, 0.1) is 0 Å². The monoisotopic (exact) mass is 175 g/mol. The zero-order valence-electron chi connectivity index (χ0n) is 7.71. The molecule has 1 aliphatic rings. The molecular weight excluding hydrogens is 158 g/mol. The molecular formula is C8H17NO3. The average molecular weight is 175 g/mol. The number of nitrogens with one attached hydrogen (secondary N) is 1. The smallest absolute Gasteiger partial charge is 0.0643 e. The van der Waals surface area contributed by atoms with Gasteiger partial charge in [-0.2, -0.15) is 0 Å². The van der Waals surface area contributed by atoms with Crippen molar-refractivity contribution in [3.8, 4) is 0 Å². The summed E-state index contributed by atoms with van der Waals surface area (Å²) in [5.74, 6) is 0. The van der Waals surface area contributed by atoms with Crippen LogP contribution in [0.2, 0.25) is 0 Å². The second-order valence-corrected chi connectivity index (χ2v) is 3.01. The van der Waals surface area contributed by atoms with Crippen LogP contribution in [-0.4, -0.2) is 52.7 Å². The van der Waals surface area contributed by atoms with E-state index in [4.69, 9.17) is 14.2 Å². The fourth-order valence-electron chi connectivity index (χ4n) is 1.38. The molecule has 0 radical (unpaired) electrons. The fourth-order valence-corrected chi connectivity index (χ4v) is 1.38. The van der Waals surface area contributed by atoms with Crippen molar-refractivity contribution in [1.29, 1.82) is 0 Å². The number of ether oxygens (including phenoxy) is 3. The molecule has 72 valence electrons. The molecule has 0 amide bonds. The Morgan fingerprint density at radius 3 is 2.08 bits per heavy atom. The van der Waals surface area contributed by atoms with E-state index >= 15 is 0 Å². The van der Waals surface area contributed by atoms with Crippen LogP contribution in [0.4, 0.5) is 0 Å². The molecule has 1 saturated heterocycles. The maximum absolute atomic E-state index is 5.38. The Balaban J connectivity index is 2.20. The van der Waals surface area contributed by atoms with Crippen LogP contribution in [0.5, 0.6) is 0 Å². The van der Waals surface area contributed by atoms with Crippen molar-refractivity contribution < 1.29 is 14.2 Å². The van der Waals surface area contributed by atoms with E-state index in [1.807, 2.05) is 0 Å². The van der Waals surface area contributed by atoms with Crippen LogP contribution in [0.25, 0.3) is 0 Å². The summed E-state index contributed by atoms with van der Waals surface area (Å²) < 4.78 is 15.4. The van der Waals surface area contributed by atoms with Crippen LogP contribution in [0.1, 0.15) is 0 Å². The average Bonchev–Trinajstić information content (AvgIpc) is 2.06. The molecule has 0 bridgehead atoms. The Kier molecular flexibility index (Phi) is 4.53. The molecule has 2 atom stereocenters. The van der Waals surface area contributed by atoms with E-state index < -0.39 is 0 Å². The molecule has 0 aliphatic carbocycles. The van der Waals surface area contributed by atoms with Gasteiger partial charge in [0.15, 0.2) is 0 Å². The Labute approximate surface area is 73.2 Å². The molecule has 0 unspecified atom stereocenters. The van der Waals surface area contributed by atoms with Gasteiger partial charge >= 0.3 is 0 Å². The molecule has 0 saturated carbocycles. The third-order valence-corrected chi connectivity index (χ3v) is 1.85. The molecule has 0 spiro atoms. The first-order chi connectivity index (χ1) is 5.86. The first-order valence-corrected chi connectivity index (χ1v) is 4.18.